The average molecular weight is 2030 g/mol. The van der Waals surface area contributed by atoms with E-state index < -0.39 is 45.9 Å². The topological polar surface area (TPSA) is 346 Å². The summed E-state index contributed by atoms with van der Waals surface area (Å²) in [5, 5.41) is 38.5. The highest BCUT2D eigenvalue weighted by atomic mass is 79.9. The van der Waals surface area contributed by atoms with E-state index in [0.717, 1.165) is 96.4 Å². The first-order valence-electron chi connectivity index (χ1n) is 42.6. The maximum absolute atomic E-state index is 13.5. The van der Waals surface area contributed by atoms with Crippen molar-refractivity contribution < 1.29 is 72.7 Å². The number of aliphatic hydroxyl groups excluding tert-OH is 4. The van der Waals surface area contributed by atoms with E-state index in [1.165, 1.54) is 39.1 Å². The Morgan fingerprint density at radius 2 is 0.716 bits per heavy atom. The van der Waals surface area contributed by atoms with Gasteiger partial charge in [0.2, 0.25) is 40.1 Å². The predicted molar refractivity (Wildman–Crippen MR) is 530 cm³/mol. The molecule has 0 bridgehead atoms. The fraction of sp³-hybridized carbons (Fsp3) is 0.257. The van der Waals surface area contributed by atoms with Gasteiger partial charge in [-0.3, -0.25) is 0 Å². The first kappa shape index (κ1) is 106. The number of hydrogen-bond acceptors (Lipinski definition) is 19. The molecule has 14 rings (SSSR count). The normalized spacial score (nSPS) is 12.4. The van der Waals surface area contributed by atoms with Crippen LogP contribution in [0.15, 0.2) is 333 Å². The molecule has 0 aliphatic heterocycles. The van der Waals surface area contributed by atoms with Gasteiger partial charge >= 0.3 is 0 Å². The van der Waals surface area contributed by atoms with Crippen LogP contribution in [0.3, 0.4) is 0 Å². The number of sulfonamides is 4. The molecule has 0 aliphatic rings. The third-order valence-electron chi connectivity index (χ3n) is 21.9. The van der Waals surface area contributed by atoms with Crippen LogP contribution < -0.4 is 24.7 Å². The molecule has 0 spiro atoms. The Bertz CT molecular complexity index is 6500. The number of nitrogens with zero attached hydrogens (tertiary/aromatic N) is 9. The molecule has 0 aliphatic carbocycles. The van der Waals surface area contributed by atoms with Gasteiger partial charge in [0.05, 0.1) is 114 Å². The molecule has 3 aromatic heterocycles. The molecule has 0 amide bonds. The summed E-state index contributed by atoms with van der Waals surface area (Å²) in [4.78, 5) is 13.6. The maximum Gasteiger partial charge on any atom is 0.243 e. The number of benzene rings is 11. The summed E-state index contributed by atoms with van der Waals surface area (Å²) in [5.74, 6) is 1.39. The highest BCUT2D eigenvalue weighted by molar-refractivity contribution is 9.10. The number of halogens is 3. The number of hydrogen-bond donors (Lipinski definition) is 6. The van der Waals surface area contributed by atoms with Gasteiger partial charge in [-0.05, 0) is 195 Å². The smallest absolute Gasteiger partial charge is 0.243 e. The van der Waals surface area contributed by atoms with E-state index in [1.54, 1.807) is 115 Å². The number of aryl methyl sites for hydroxylation is 4. The minimum Gasteiger partial charge on any atom is -0.497 e. The molecule has 7 N–H and O–H groups in total. The largest absolute Gasteiger partial charge is 0.497 e. The minimum atomic E-state index is -3.76. The van der Waals surface area contributed by atoms with Crippen molar-refractivity contribution in [1.82, 2.24) is 46.3 Å². The molecule has 710 valence electrons. The van der Waals surface area contributed by atoms with Gasteiger partial charge in [0.1, 0.15) is 23.1 Å². The zero-order valence-electron chi connectivity index (χ0n) is 76.6. The van der Waals surface area contributed by atoms with Crippen molar-refractivity contribution in [2.24, 2.45) is 26.9 Å². The minimum absolute atomic E-state index is 0.00222. The number of methoxy groups -OCH3 is 3. The Balaban J connectivity index is 0.000000190. The van der Waals surface area contributed by atoms with Gasteiger partial charge in [-0.25, -0.2) is 57.7 Å². The number of aliphatic hydroxyl groups is 4. The first-order chi connectivity index (χ1) is 64.1. The van der Waals surface area contributed by atoms with Crippen LogP contribution in [0, 0.1) is 5.82 Å². The monoisotopic (exact) mass is 2030 g/mol. The quantitative estimate of drug-likeness (QED) is 0.0218. The van der Waals surface area contributed by atoms with Crippen LogP contribution >= 0.6 is 31.9 Å². The summed E-state index contributed by atoms with van der Waals surface area (Å²) < 4.78 is 144. The molecule has 134 heavy (non-hydrogen) atoms. The van der Waals surface area contributed by atoms with Crippen LogP contribution in [-0.2, 0) is 107 Å². The van der Waals surface area contributed by atoms with E-state index in [1.807, 2.05) is 242 Å². The van der Waals surface area contributed by atoms with E-state index in [2.05, 4.69) is 58.5 Å². The average Bonchev–Trinajstić information content (AvgIpc) is 1.38. The fourth-order valence-electron chi connectivity index (χ4n) is 14.0. The van der Waals surface area contributed by atoms with E-state index in [9.17, 15) is 53.4 Å². The van der Waals surface area contributed by atoms with E-state index >= 15 is 0 Å². The van der Waals surface area contributed by atoms with Crippen LogP contribution in [0.4, 0.5) is 4.39 Å². The number of nitrogens with two attached hydrogens (primary N) is 1. The number of ether oxygens (including phenoxy) is 3. The summed E-state index contributed by atoms with van der Waals surface area (Å²) in [5.41, 5.74) is 19.0. The van der Waals surface area contributed by atoms with Gasteiger partial charge in [0, 0.05) is 114 Å². The standard InChI is InChI=1S/C28H31N3O4S.C24H26BrNO4S.C20H23N3O3S.C15H15BrFNO3S.C8H11NO.C6H10N2/c1-30-18-28(29-20-30)27-16-26(14-11-23(27)15-24(19-32)22-7-5-4-6-8-22)36(33,34)31(2)17-21-9-12-25(35-3)13-10-21;1-26(16-18-8-11-22(30-2)12-9-18)31(28,29)23-13-10-20(24(25)15-23)14-21(17-27)19-6-4-3-5-7-19;1-21-27(25,26)18-9-8-16(19(11-18)20-12-23(2)14-22-20)10-17(13-24)15-6-4-3-5-7-15;1-18(10-11-3-5-12(21-2)6-4-11)22(19,20)13-7-8-15(17)14(16)9-13;9-8(6-10)7-4-2-1-3-5-7;1-3-6-4-8(2)5-7-6/h4-14,16,18,20,24,32H,15,17,19H2,1-3H3;3-13,15,21,27H,14,16-17H2,1-2H3;3-9,11-12,14,17,21,24H,10,13H2,1-2H3;3-9H,10H2,1-2H3;1-5,8,10H,6,9H2;4-5H,3H2,1-2H3/t24-;21-;17-;;8-;/m000.0./s1. The lowest BCUT2D eigenvalue weighted by Gasteiger charge is -2.20. The highest BCUT2D eigenvalue weighted by Crippen LogP contribution is 2.36. The first-order valence-corrected chi connectivity index (χ1v) is 50.0. The van der Waals surface area contributed by atoms with Gasteiger partial charge in [-0.15, -0.1) is 0 Å². The maximum atomic E-state index is 13.5. The van der Waals surface area contributed by atoms with E-state index in [0.29, 0.717) is 40.9 Å². The van der Waals surface area contributed by atoms with Gasteiger partial charge in [-0.1, -0.05) is 199 Å². The van der Waals surface area contributed by atoms with Crippen molar-refractivity contribution in [2.45, 2.75) is 95.6 Å². The summed E-state index contributed by atoms with van der Waals surface area (Å²) in [6.45, 7) is 2.80. The highest BCUT2D eigenvalue weighted by Gasteiger charge is 2.28. The molecular formula is C101H116Br2FN11O15S4. The molecule has 0 fully saturated rings. The lowest BCUT2D eigenvalue weighted by molar-refractivity contribution is 0.264. The number of aromatic nitrogens is 6. The molecule has 0 radical (unpaired) electrons. The molecule has 4 atom stereocenters. The number of nitrogens with one attached hydrogen (secondary N) is 1. The number of imidazole rings is 3. The van der Waals surface area contributed by atoms with Crippen LogP contribution in [0.2, 0.25) is 0 Å². The van der Waals surface area contributed by atoms with E-state index in [-0.39, 0.29) is 93.9 Å². The molecule has 11 aromatic carbocycles. The zero-order valence-corrected chi connectivity index (χ0v) is 83.0. The van der Waals surface area contributed by atoms with Crippen molar-refractivity contribution in [1.29, 1.82) is 0 Å². The Morgan fingerprint density at radius 3 is 1.01 bits per heavy atom. The SMILES string of the molecule is CCc1cn(C)cn1.CNS(=O)(=O)c1ccc(C[C@@H](CO)c2ccccc2)c(-c2cn(C)cn2)c1.COc1ccc(CN(C)S(=O)(=O)c2ccc(C[C@@H](CO)c3ccccc3)c(-c3cn(C)cn3)c2)cc1.COc1ccc(CN(C)S(=O)(=O)c2ccc(C[C@@H](CO)c3ccccc3)c(Br)c2)cc1.COc1ccc(CN(C)S(=O)(=O)c2ccc(F)c(Br)c2)cc1.N[C@@H](CO)c1ccccc1. The molecule has 0 unspecified atom stereocenters. The summed E-state index contributed by atoms with van der Waals surface area (Å²) in [6.07, 6.45) is 13.7. The van der Waals surface area contributed by atoms with Crippen molar-refractivity contribution in [3.63, 3.8) is 0 Å². The Kier molecular flexibility index (Phi) is 40.9. The van der Waals surface area contributed by atoms with E-state index in [4.69, 9.17) is 25.1 Å². The molecule has 14 aromatic rings. The van der Waals surface area contributed by atoms with Gasteiger partial charge in [0.15, 0.2) is 0 Å². The summed E-state index contributed by atoms with van der Waals surface area (Å²) in [7, 11) is 1.83. The Morgan fingerprint density at radius 1 is 0.403 bits per heavy atom. The van der Waals surface area contributed by atoms with Crippen LogP contribution in [0.1, 0.15) is 92.0 Å². The second-order valence-electron chi connectivity index (χ2n) is 31.4. The fourth-order valence-corrected chi connectivity index (χ4v) is 19.6. The Hall–Kier alpha value is -11.2. The molecule has 33 heteroatoms. The molecule has 0 saturated carbocycles. The van der Waals surface area contributed by atoms with Crippen LogP contribution in [-0.4, -0.2) is 172 Å². The van der Waals surface area contributed by atoms with Crippen molar-refractivity contribution in [3.8, 4) is 39.8 Å². The second kappa shape index (κ2) is 51.5. The predicted octanol–water partition coefficient (Wildman–Crippen LogP) is 16.2. The molecule has 0 saturated heterocycles. The second-order valence-corrected chi connectivity index (χ2v) is 41.1. The van der Waals surface area contributed by atoms with Gasteiger partial charge in [-0.2, -0.15) is 12.9 Å². The van der Waals surface area contributed by atoms with Crippen molar-refractivity contribution >= 4 is 72.0 Å². The van der Waals surface area contributed by atoms with Gasteiger partial charge in [0.25, 0.3) is 0 Å². The van der Waals surface area contributed by atoms with Gasteiger partial charge < -0.3 is 54.1 Å². The summed E-state index contributed by atoms with van der Waals surface area (Å²) in [6, 6.07) is 79.4. The lowest BCUT2D eigenvalue weighted by Crippen LogP contribution is -2.26. The lowest BCUT2D eigenvalue weighted by atomic mass is 9.90. The summed E-state index contributed by atoms with van der Waals surface area (Å²) >= 11 is 6.52. The third kappa shape index (κ3) is 30.4. The van der Waals surface area contributed by atoms with Crippen LogP contribution in [0.25, 0.3) is 22.5 Å². The zero-order chi connectivity index (χ0) is 97.3. The number of rotatable bonds is 34. The molecule has 3 heterocycles. The van der Waals surface area contributed by atoms with Crippen molar-refractivity contribution in [2.75, 3.05) is 75.9 Å². The molecule has 26 nitrogen and oxygen atoms in total. The Labute approximate surface area is 803 Å². The van der Waals surface area contributed by atoms with Crippen LogP contribution in [0.5, 0.6) is 17.2 Å². The van der Waals surface area contributed by atoms with Crippen molar-refractivity contribution in [3.05, 3.63) is 381 Å². The third-order valence-corrected chi connectivity index (χ3v) is 30.0. The molecular weight excluding hydrogens is 1910 g/mol.